The molecule has 0 aliphatic heterocycles. The largest absolute Gasteiger partial charge is 0.494 e. The molecule has 1 aliphatic rings. The van der Waals surface area contributed by atoms with Crippen molar-refractivity contribution in [3.8, 4) is 18.1 Å². The maximum Gasteiger partial charge on any atom is 0.254 e. The van der Waals surface area contributed by atoms with Gasteiger partial charge in [0.05, 0.1) is 13.7 Å². The minimum atomic E-state index is -0.541. The van der Waals surface area contributed by atoms with Crippen molar-refractivity contribution in [1.82, 2.24) is 4.90 Å². The Morgan fingerprint density at radius 1 is 1.58 bits per heavy atom. The van der Waals surface area contributed by atoms with Gasteiger partial charge in [0, 0.05) is 12.1 Å². The Morgan fingerprint density at radius 2 is 2.32 bits per heavy atom. The molecule has 0 unspecified atom stereocenters. The summed E-state index contributed by atoms with van der Waals surface area (Å²) in [4.78, 5) is 13.9. The van der Waals surface area contributed by atoms with Gasteiger partial charge in [-0.25, -0.2) is 4.39 Å². The Morgan fingerprint density at radius 3 is 2.84 bits per heavy atom. The highest BCUT2D eigenvalue weighted by atomic mass is 19.1. The molecule has 2 rings (SSSR count). The Kier molecular flexibility index (Phi) is 4.06. The van der Waals surface area contributed by atoms with E-state index in [9.17, 15) is 9.18 Å². The van der Waals surface area contributed by atoms with E-state index in [-0.39, 0.29) is 18.2 Å². The fourth-order valence-corrected chi connectivity index (χ4v) is 1.92. The van der Waals surface area contributed by atoms with Crippen molar-refractivity contribution in [2.75, 3.05) is 20.2 Å². The number of halogens is 1. The summed E-state index contributed by atoms with van der Waals surface area (Å²) in [6.45, 7) is 0.902. The molecule has 0 aromatic heterocycles. The molecule has 100 valence electrons. The van der Waals surface area contributed by atoms with Crippen molar-refractivity contribution >= 4 is 5.91 Å². The van der Waals surface area contributed by atoms with E-state index in [0.29, 0.717) is 18.0 Å². The summed E-state index contributed by atoms with van der Waals surface area (Å²) in [5.41, 5.74) is 0.300. The third kappa shape index (κ3) is 3.25. The van der Waals surface area contributed by atoms with E-state index in [1.165, 1.54) is 19.2 Å². The number of methoxy groups -OCH3 is 1. The molecule has 4 heteroatoms. The van der Waals surface area contributed by atoms with Crippen LogP contribution >= 0.6 is 0 Å². The number of benzene rings is 1. The van der Waals surface area contributed by atoms with E-state index >= 15 is 0 Å². The number of rotatable bonds is 5. The van der Waals surface area contributed by atoms with Gasteiger partial charge in [-0.15, -0.1) is 6.42 Å². The first kappa shape index (κ1) is 13.4. The molecule has 1 amide bonds. The topological polar surface area (TPSA) is 29.5 Å². The van der Waals surface area contributed by atoms with Crippen molar-refractivity contribution in [3.63, 3.8) is 0 Å². The predicted molar refractivity (Wildman–Crippen MR) is 70.4 cm³/mol. The van der Waals surface area contributed by atoms with Crippen molar-refractivity contribution in [1.29, 1.82) is 0 Å². The lowest BCUT2D eigenvalue weighted by atomic mass is 10.1. The van der Waals surface area contributed by atoms with Crippen LogP contribution in [-0.2, 0) is 0 Å². The number of carbonyl (C=O) groups excluding carboxylic acids is 1. The Labute approximate surface area is 112 Å². The molecule has 0 atom stereocenters. The SMILES string of the molecule is C#CCN(CC1CC1)C(=O)c1ccc(OC)c(F)c1. The number of amides is 1. The molecular formula is C15H16FNO2. The number of ether oxygens (including phenoxy) is 1. The van der Waals surface area contributed by atoms with Crippen LogP contribution in [0.5, 0.6) is 5.75 Å². The van der Waals surface area contributed by atoms with Gasteiger partial charge in [0.25, 0.3) is 5.91 Å². The van der Waals surface area contributed by atoms with Crippen LogP contribution in [0.25, 0.3) is 0 Å². The van der Waals surface area contributed by atoms with Gasteiger partial charge in [-0.05, 0) is 37.0 Å². The monoisotopic (exact) mass is 261 g/mol. The molecule has 1 aromatic rings. The molecular weight excluding hydrogens is 245 g/mol. The lowest BCUT2D eigenvalue weighted by Gasteiger charge is -2.20. The first-order valence-electron chi connectivity index (χ1n) is 6.22. The zero-order chi connectivity index (χ0) is 13.8. The van der Waals surface area contributed by atoms with E-state index in [1.807, 2.05) is 0 Å². The Hall–Kier alpha value is -2.02. The molecule has 0 heterocycles. The maximum absolute atomic E-state index is 13.6. The fraction of sp³-hybridized carbons (Fsp3) is 0.400. The van der Waals surface area contributed by atoms with E-state index < -0.39 is 5.82 Å². The molecule has 0 N–H and O–H groups in total. The van der Waals surface area contributed by atoms with Crippen LogP contribution < -0.4 is 4.74 Å². The third-order valence-electron chi connectivity index (χ3n) is 3.14. The summed E-state index contributed by atoms with van der Waals surface area (Å²) >= 11 is 0. The third-order valence-corrected chi connectivity index (χ3v) is 3.14. The first-order chi connectivity index (χ1) is 9.15. The summed E-state index contributed by atoms with van der Waals surface area (Å²) in [7, 11) is 1.39. The quantitative estimate of drug-likeness (QED) is 0.761. The van der Waals surface area contributed by atoms with Gasteiger partial charge in [-0.1, -0.05) is 5.92 Å². The molecule has 0 spiro atoms. The Bertz CT molecular complexity index is 517. The number of terminal acetylenes is 1. The van der Waals surface area contributed by atoms with E-state index in [1.54, 1.807) is 11.0 Å². The minimum absolute atomic E-state index is 0.127. The van der Waals surface area contributed by atoms with Crippen LogP contribution in [0.1, 0.15) is 23.2 Å². The summed E-state index contributed by atoms with van der Waals surface area (Å²) in [5, 5.41) is 0. The molecule has 0 bridgehead atoms. The molecule has 1 saturated carbocycles. The van der Waals surface area contributed by atoms with Crippen LogP contribution in [0, 0.1) is 24.1 Å². The highest BCUT2D eigenvalue weighted by Crippen LogP contribution is 2.30. The molecule has 3 nitrogen and oxygen atoms in total. The zero-order valence-electron chi connectivity index (χ0n) is 10.9. The van der Waals surface area contributed by atoms with Gasteiger partial charge in [0.2, 0.25) is 0 Å². The van der Waals surface area contributed by atoms with E-state index in [4.69, 9.17) is 11.2 Å². The van der Waals surface area contributed by atoms with Crippen LogP contribution in [0.2, 0.25) is 0 Å². The van der Waals surface area contributed by atoms with Crippen LogP contribution in [0.4, 0.5) is 4.39 Å². The van der Waals surface area contributed by atoms with Crippen LogP contribution in [0.3, 0.4) is 0 Å². The van der Waals surface area contributed by atoms with Gasteiger partial charge in [-0.2, -0.15) is 0 Å². The normalized spacial score (nSPS) is 13.7. The van der Waals surface area contributed by atoms with E-state index in [0.717, 1.165) is 12.8 Å². The second kappa shape index (κ2) is 5.75. The molecule has 19 heavy (non-hydrogen) atoms. The lowest BCUT2D eigenvalue weighted by molar-refractivity contribution is 0.0769. The number of hydrogen-bond acceptors (Lipinski definition) is 2. The van der Waals surface area contributed by atoms with Crippen molar-refractivity contribution in [3.05, 3.63) is 29.6 Å². The van der Waals surface area contributed by atoms with Crippen molar-refractivity contribution in [2.45, 2.75) is 12.8 Å². The second-order valence-electron chi connectivity index (χ2n) is 4.68. The Balaban J connectivity index is 2.15. The van der Waals surface area contributed by atoms with Gasteiger partial charge >= 0.3 is 0 Å². The highest BCUT2D eigenvalue weighted by Gasteiger charge is 2.27. The molecule has 1 fully saturated rings. The van der Waals surface area contributed by atoms with Gasteiger partial charge in [0.15, 0.2) is 11.6 Å². The van der Waals surface area contributed by atoms with Gasteiger partial charge in [0.1, 0.15) is 0 Å². The zero-order valence-corrected chi connectivity index (χ0v) is 10.9. The van der Waals surface area contributed by atoms with Crippen LogP contribution in [-0.4, -0.2) is 31.0 Å². The lowest BCUT2D eigenvalue weighted by Crippen LogP contribution is -2.33. The van der Waals surface area contributed by atoms with Crippen molar-refractivity contribution in [2.24, 2.45) is 5.92 Å². The molecule has 1 aliphatic carbocycles. The average molecular weight is 261 g/mol. The molecule has 1 aromatic carbocycles. The number of hydrogen-bond donors (Lipinski definition) is 0. The smallest absolute Gasteiger partial charge is 0.254 e. The highest BCUT2D eigenvalue weighted by molar-refractivity contribution is 5.94. The molecule has 0 radical (unpaired) electrons. The minimum Gasteiger partial charge on any atom is -0.494 e. The summed E-state index contributed by atoms with van der Waals surface area (Å²) in [6.07, 6.45) is 7.54. The number of nitrogens with zero attached hydrogens (tertiary/aromatic N) is 1. The van der Waals surface area contributed by atoms with E-state index in [2.05, 4.69) is 5.92 Å². The number of carbonyl (C=O) groups is 1. The second-order valence-corrected chi connectivity index (χ2v) is 4.68. The first-order valence-corrected chi connectivity index (χ1v) is 6.22. The standard InChI is InChI=1S/C15H16FNO2/c1-3-8-17(10-11-4-5-11)15(18)12-6-7-14(19-2)13(16)9-12/h1,6-7,9,11H,4-5,8,10H2,2H3. The van der Waals surface area contributed by atoms with Crippen LogP contribution in [0.15, 0.2) is 18.2 Å². The summed E-state index contributed by atoms with van der Waals surface area (Å²) < 4.78 is 18.4. The fourth-order valence-electron chi connectivity index (χ4n) is 1.92. The average Bonchev–Trinajstić information content (AvgIpc) is 3.21. The molecule has 0 saturated heterocycles. The van der Waals surface area contributed by atoms with Gasteiger partial charge in [-0.3, -0.25) is 4.79 Å². The predicted octanol–water partition coefficient (Wildman–Crippen LogP) is 2.32. The maximum atomic E-state index is 13.6. The van der Waals surface area contributed by atoms with Gasteiger partial charge < -0.3 is 9.64 Å². The summed E-state index contributed by atoms with van der Waals surface area (Å²) in [5.74, 6) is 2.37. The van der Waals surface area contributed by atoms with Crippen molar-refractivity contribution < 1.29 is 13.9 Å². The summed E-state index contributed by atoms with van der Waals surface area (Å²) in [6, 6.07) is 4.20.